The fourth-order valence-electron chi connectivity index (χ4n) is 5.18. The number of hydrogen-bond donors (Lipinski definition) is 0. The summed E-state index contributed by atoms with van der Waals surface area (Å²) in [7, 11) is 0. The van der Waals surface area contributed by atoms with Gasteiger partial charge in [-0.25, -0.2) is 9.59 Å². The van der Waals surface area contributed by atoms with Gasteiger partial charge in [0.1, 0.15) is 0 Å². The third-order valence-electron chi connectivity index (χ3n) is 8.24. The summed E-state index contributed by atoms with van der Waals surface area (Å²) in [5, 5.41) is 0. The van der Waals surface area contributed by atoms with Crippen LogP contribution in [-0.4, -0.2) is 31.3 Å². The molecule has 0 fully saturated rings. The quantitative estimate of drug-likeness (QED) is 0.0782. The van der Waals surface area contributed by atoms with Crippen molar-refractivity contribution in [1.29, 1.82) is 0 Å². The Kier molecular flexibility index (Phi) is 11.6. The predicted molar refractivity (Wildman–Crippen MR) is 181 cm³/mol. The van der Waals surface area contributed by atoms with Gasteiger partial charge in [-0.2, -0.15) is 13.2 Å². The van der Waals surface area contributed by atoms with Crippen LogP contribution in [0.4, 0.5) is 13.2 Å². The minimum absolute atomic E-state index is 0.203. The van der Waals surface area contributed by atoms with E-state index in [-0.39, 0.29) is 5.56 Å². The summed E-state index contributed by atoms with van der Waals surface area (Å²) in [6, 6.07) is 29.1. The van der Waals surface area contributed by atoms with E-state index in [0.29, 0.717) is 26.1 Å². The van der Waals surface area contributed by atoms with Crippen LogP contribution in [0.3, 0.4) is 0 Å². The molecular formula is C40H39F3O4. The van der Waals surface area contributed by atoms with Gasteiger partial charge in [0.15, 0.2) is 0 Å². The van der Waals surface area contributed by atoms with E-state index in [1.807, 2.05) is 36.4 Å². The SMILES string of the molecule is C=CC(=O)OCCCc1ccc(-c2ccc(-c3ccc(C(C)(C)C(F)(F)F)cc3)c(-c3ccc(CCCOC(=O)C=C)cc3)c2)cc1. The third kappa shape index (κ3) is 9.09. The molecule has 0 saturated heterocycles. The monoisotopic (exact) mass is 640 g/mol. The smallest absolute Gasteiger partial charge is 0.397 e. The highest BCUT2D eigenvalue weighted by molar-refractivity contribution is 5.87. The lowest BCUT2D eigenvalue weighted by atomic mass is 9.82. The van der Waals surface area contributed by atoms with Crippen LogP contribution in [0.25, 0.3) is 33.4 Å². The molecule has 0 aromatic heterocycles. The molecule has 4 aromatic rings. The Morgan fingerprint density at radius 3 is 1.51 bits per heavy atom. The highest BCUT2D eigenvalue weighted by Crippen LogP contribution is 2.42. The van der Waals surface area contributed by atoms with Crippen molar-refractivity contribution in [3.63, 3.8) is 0 Å². The first kappa shape index (κ1) is 35.0. The van der Waals surface area contributed by atoms with Gasteiger partial charge in [-0.1, -0.05) is 98.1 Å². The van der Waals surface area contributed by atoms with E-state index in [1.54, 1.807) is 24.3 Å². The molecule has 0 amide bonds. The van der Waals surface area contributed by atoms with Crippen LogP contribution in [-0.2, 0) is 37.3 Å². The molecule has 4 aromatic carbocycles. The summed E-state index contributed by atoms with van der Waals surface area (Å²) in [6.07, 6.45) is 0.800. The zero-order valence-corrected chi connectivity index (χ0v) is 26.7. The molecule has 4 rings (SSSR count). The molecule has 244 valence electrons. The lowest BCUT2D eigenvalue weighted by Gasteiger charge is -2.28. The van der Waals surface area contributed by atoms with Crippen molar-refractivity contribution >= 4 is 11.9 Å². The number of ether oxygens (including phenoxy) is 2. The van der Waals surface area contributed by atoms with Gasteiger partial charge in [-0.3, -0.25) is 0 Å². The molecule has 0 aliphatic rings. The van der Waals surface area contributed by atoms with Crippen LogP contribution in [0, 0.1) is 0 Å². The lowest BCUT2D eigenvalue weighted by Crippen LogP contribution is -2.36. The van der Waals surface area contributed by atoms with Crippen LogP contribution in [0.15, 0.2) is 116 Å². The second-order valence-electron chi connectivity index (χ2n) is 11.8. The van der Waals surface area contributed by atoms with E-state index in [4.69, 9.17) is 9.47 Å². The van der Waals surface area contributed by atoms with E-state index in [0.717, 1.165) is 69.5 Å². The normalized spacial score (nSPS) is 11.5. The molecule has 7 heteroatoms. The molecule has 0 spiro atoms. The molecule has 0 radical (unpaired) electrons. The van der Waals surface area contributed by atoms with Crippen molar-refractivity contribution in [3.8, 4) is 33.4 Å². The Bertz CT molecular complexity index is 1680. The average Bonchev–Trinajstić information content (AvgIpc) is 3.08. The Balaban J connectivity index is 1.62. The molecule has 0 atom stereocenters. The Morgan fingerprint density at radius 1 is 0.617 bits per heavy atom. The van der Waals surface area contributed by atoms with Gasteiger partial charge in [-0.15, -0.1) is 0 Å². The zero-order chi connectivity index (χ0) is 34.0. The first-order valence-corrected chi connectivity index (χ1v) is 15.5. The molecule has 0 saturated carbocycles. The fraction of sp³-hybridized carbons (Fsp3) is 0.250. The summed E-state index contributed by atoms with van der Waals surface area (Å²) in [4.78, 5) is 22.6. The number of carbonyl (C=O) groups excluding carboxylic acids is 2. The van der Waals surface area contributed by atoms with Crippen LogP contribution in [0.1, 0.15) is 43.4 Å². The molecule has 0 aliphatic heterocycles. The van der Waals surface area contributed by atoms with Gasteiger partial charge in [0.2, 0.25) is 0 Å². The lowest BCUT2D eigenvalue weighted by molar-refractivity contribution is -0.180. The van der Waals surface area contributed by atoms with Gasteiger partial charge in [0.05, 0.1) is 18.6 Å². The third-order valence-corrected chi connectivity index (χ3v) is 8.24. The van der Waals surface area contributed by atoms with Crippen molar-refractivity contribution in [2.75, 3.05) is 13.2 Å². The summed E-state index contributed by atoms with van der Waals surface area (Å²) >= 11 is 0. The minimum Gasteiger partial charge on any atom is -0.463 e. The maximum absolute atomic E-state index is 13.7. The van der Waals surface area contributed by atoms with Gasteiger partial charge in [0.25, 0.3) is 0 Å². The van der Waals surface area contributed by atoms with E-state index in [1.165, 1.54) is 13.8 Å². The number of alkyl halides is 3. The largest absolute Gasteiger partial charge is 0.463 e. The maximum Gasteiger partial charge on any atom is 0.397 e. The fourth-order valence-corrected chi connectivity index (χ4v) is 5.18. The van der Waals surface area contributed by atoms with Gasteiger partial charge >= 0.3 is 18.1 Å². The van der Waals surface area contributed by atoms with Crippen molar-refractivity contribution in [2.24, 2.45) is 0 Å². The Morgan fingerprint density at radius 2 is 1.04 bits per heavy atom. The molecular weight excluding hydrogens is 601 g/mol. The van der Waals surface area contributed by atoms with Crippen molar-refractivity contribution in [2.45, 2.75) is 51.1 Å². The van der Waals surface area contributed by atoms with Crippen molar-refractivity contribution in [3.05, 3.63) is 133 Å². The molecule has 0 heterocycles. The highest BCUT2D eigenvalue weighted by atomic mass is 19.4. The number of halogens is 3. The van der Waals surface area contributed by atoms with Crippen molar-refractivity contribution < 1.29 is 32.2 Å². The molecule has 0 aliphatic carbocycles. The molecule has 47 heavy (non-hydrogen) atoms. The van der Waals surface area contributed by atoms with Gasteiger partial charge in [0, 0.05) is 12.2 Å². The predicted octanol–water partition coefficient (Wildman–Crippen LogP) is 9.85. The number of aryl methyl sites for hydroxylation is 2. The molecule has 0 N–H and O–H groups in total. The Labute approximate surface area is 274 Å². The maximum atomic E-state index is 13.7. The van der Waals surface area contributed by atoms with Crippen LogP contribution in [0.5, 0.6) is 0 Å². The second-order valence-corrected chi connectivity index (χ2v) is 11.8. The number of carbonyl (C=O) groups is 2. The Hall–Kier alpha value is -4.91. The first-order chi connectivity index (χ1) is 22.4. The van der Waals surface area contributed by atoms with E-state index < -0.39 is 23.5 Å². The van der Waals surface area contributed by atoms with Crippen LogP contribution < -0.4 is 0 Å². The number of benzene rings is 4. The second kappa shape index (κ2) is 15.6. The standard InChI is InChI=1S/C40H39F3O4/c1-5-37(44)46-25-7-9-28-11-15-30(16-12-28)33-21-24-35(31-19-22-34(23-20-31)39(3,4)40(41,42)43)36(27-33)32-17-13-29(14-18-32)10-8-26-47-38(45)6-2/h5-6,11-24,27H,1-2,7-10,25-26H2,3-4H3. The first-order valence-electron chi connectivity index (χ1n) is 15.5. The number of hydrogen-bond acceptors (Lipinski definition) is 4. The summed E-state index contributed by atoms with van der Waals surface area (Å²) in [5.74, 6) is -0.870. The average molecular weight is 641 g/mol. The van der Waals surface area contributed by atoms with E-state index in [2.05, 4.69) is 43.5 Å². The highest BCUT2D eigenvalue weighted by Gasteiger charge is 2.48. The van der Waals surface area contributed by atoms with Crippen molar-refractivity contribution in [1.82, 2.24) is 0 Å². The van der Waals surface area contributed by atoms with Gasteiger partial charge in [-0.05, 0) is 95.7 Å². The molecule has 0 bridgehead atoms. The topological polar surface area (TPSA) is 52.6 Å². The van der Waals surface area contributed by atoms with Crippen LogP contribution in [0.2, 0.25) is 0 Å². The van der Waals surface area contributed by atoms with E-state index in [9.17, 15) is 22.8 Å². The number of rotatable bonds is 14. The number of esters is 2. The molecule has 0 unspecified atom stereocenters. The summed E-state index contributed by atoms with van der Waals surface area (Å²) in [6.45, 7) is 9.82. The minimum atomic E-state index is -4.37. The van der Waals surface area contributed by atoms with Gasteiger partial charge < -0.3 is 9.47 Å². The van der Waals surface area contributed by atoms with Crippen LogP contribution >= 0.6 is 0 Å². The summed E-state index contributed by atoms with van der Waals surface area (Å²) in [5.41, 5.74) is 6.10. The van der Waals surface area contributed by atoms with E-state index >= 15 is 0 Å². The molecule has 4 nitrogen and oxygen atoms in total. The zero-order valence-electron chi connectivity index (χ0n) is 26.7. The summed E-state index contributed by atoms with van der Waals surface area (Å²) < 4.78 is 51.3.